The second-order valence-electron chi connectivity index (χ2n) is 4.22. The van der Waals surface area contributed by atoms with E-state index in [-0.39, 0.29) is 4.90 Å². The molecule has 0 radical (unpaired) electrons. The van der Waals surface area contributed by atoms with Gasteiger partial charge in [0.25, 0.3) is 10.0 Å². The second-order valence-corrected chi connectivity index (χ2v) is 7.89. The molecule has 2 aromatic carbocycles. The molecule has 0 atom stereocenters. The Morgan fingerprint density at radius 1 is 1.25 bits per heavy atom. The Morgan fingerprint density at radius 2 is 1.90 bits per heavy atom. The smallest absolute Gasteiger partial charge is 0.262 e. The van der Waals surface area contributed by atoms with E-state index in [4.69, 9.17) is 5.73 Å². The van der Waals surface area contributed by atoms with Crippen LogP contribution in [-0.4, -0.2) is 8.42 Å². The lowest BCUT2D eigenvalue weighted by molar-refractivity contribution is 0.600. The molecule has 0 spiro atoms. The first-order valence-electron chi connectivity index (χ1n) is 5.64. The summed E-state index contributed by atoms with van der Waals surface area (Å²) in [6.07, 6.45) is 0. The normalized spacial score (nSPS) is 11.3. The molecular weight excluding hydrogens is 455 g/mol. The summed E-state index contributed by atoms with van der Waals surface area (Å²) in [5.74, 6) is 0. The zero-order valence-corrected chi connectivity index (χ0v) is 15.1. The largest absolute Gasteiger partial charge is 0.398 e. The first kappa shape index (κ1) is 15.6. The van der Waals surface area contributed by atoms with Gasteiger partial charge in [0.05, 0.1) is 10.6 Å². The Bertz CT molecular complexity index is 763. The van der Waals surface area contributed by atoms with Crippen molar-refractivity contribution >= 4 is 59.9 Å². The molecule has 0 heterocycles. The molecule has 4 nitrogen and oxygen atoms in total. The highest BCUT2D eigenvalue weighted by molar-refractivity contribution is 14.1. The van der Waals surface area contributed by atoms with Crippen molar-refractivity contribution in [2.45, 2.75) is 11.8 Å². The number of para-hydroxylation sites is 1. The van der Waals surface area contributed by atoms with Gasteiger partial charge in [-0.05, 0) is 75.3 Å². The van der Waals surface area contributed by atoms with Gasteiger partial charge in [0.1, 0.15) is 0 Å². The third kappa shape index (κ3) is 3.26. The molecule has 106 valence electrons. The van der Waals surface area contributed by atoms with Crippen molar-refractivity contribution in [3.63, 3.8) is 0 Å². The van der Waals surface area contributed by atoms with Gasteiger partial charge >= 0.3 is 0 Å². The first-order chi connectivity index (χ1) is 9.31. The van der Waals surface area contributed by atoms with Crippen LogP contribution in [0.4, 0.5) is 11.4 Å². The molecule has 0 saturated heterocycles. The summed E-state index contributed by atoms with van der Waals surface area (Å²) >= 11 is 5.37. The monoisotopic (exact) mass is 466 g/mol. The molecule has 0 saturated carbocycles. The van der Waals surface area contributed by atoms with Crippen molar-refractivity contribution in [3.8, 4) is 0 Å². The molecule has 0 aromatic heterocycles. The summed E-state index contributed by atoms with van der Waals surface area (Å²) in [5, 5.41) is 0. The van der Waals surface area contributed by atoms with Crippen LogP contribution in [0, 0.1) is 10.5 Å². The summed E-state index contributed by atoms with van der Waals surface area (Å²) in [4.78, 5) is 0.179. The highest BCUT2D eigenvalue weighted by Crippen LogP contribution is 2.28. The molecule has 0 unspecified atom stereocenters. The molecule has 2 rings (SSSR count). The van der Waals surface area contributed by atoms with Gasteiger partial charge in [-0.1, -0.05) is 12.1 Å². The lowest BCUT2D eigenvalue weighted by Crippen LogP contribution is -2.15. The second kappa shape index (κ2) is 5.90. The fraction of sp³-hybridized carbons (Fsp3) is 0.0769. The average molecular weight is 467 g/mol. The minimum Gasteiger partial charge on any atom is -0.398 e. The predicted octanol–water partition coefficient (Wildman–Crippen LogP) is 3.75. The summed E-state index contributed by atoms with van der Waals surface area (Å²) < 4.78 is 29.0. The van der Waals surface area contributed by atoms with E-state index in [0.717, 1.165) is 3.57 Å². The van der Waals surface area contributed by atoms with Crippen LogP contribution in [-0.2, 0) is 10.0 Å². The average Bonchev–Trinajstić information content (AvgIpc) is 2.36. The van der Waals surface area contributed by atoms with E-state index in [1.165, 1.54) is 6.07 Å². The topological polar surface area (TPSA) is 72.2 Å². The van der Waals surface area contributed by atoms with Gasteiger partial charge in [-0.15, -0.1) is 0 Å². The van der Waals surface area contributed by atoms with Crippen molar-refractivity contribution in [2.24, 2.45) is 0 Å². The van der Waals surface area contributed by atoms with Gasteiger partial charge in [0.2, 0.25) is 0 Å². The molecule has 0 amide bonds. The number of nitrogens with two attached hydrogens (primary N) is 1. The van der Waals surface area contributed by atoms with E-state index in [2.05, 4.69) is 43.2 Å². The van der Waals surface area contributed by atoms with Gasteiger partial charge < -0.3 is 5.73 Å². The van der Waals surface area contributed by atoms with Gasteiger partial charge in [0.15, 0.2) is 0 Å². The lowest BCUT2D eigenvalue weighted by atomic mass is 10.2. The summed E-state index contributed by atoms with van der Waals surface area (Å²) in [6.45, 7) is 1.73. The maximum atomic E-state index is 12.5. The van der Waals surface area contributed by atoms with E-state index < -0.39 is 10.0 Å². The number of halogens is 2. The quantitative estimate of drug-likeness (QED) is 0.534. The lowest BCUT2D eigenvalue weighted by Gasteiger charge is -2.13. The molecule has 7 heteroatoms. The number of aryl methyl sites for hydroxylation is 1. The number of anilines is 2. The molecule has 0 aliphatic carbocycles. The summed E-state index contributed by atoms with van der Waals surface area (Å²) in [5.41, 5.74) is 7.34. The molecule has 0 fully saturated rings. The van der Waals surface area contributed by atoms with E-state index in [1.54, 1.807) is 25.1 Å². The molecule has 3 N–H and O–H groups in total. The van der Waals surface area contributed by atoms with E-state index in [9.17, 15) is 8.42 Å². The Hall–Kier alpha value is -0.800. The Morgan fingerprint density at radius 3 is 2.55 bits per heavy atom. The highest BCUT2D eigenvalue weighted by atomic mass is 127. The number of nitrogen functional groups attached to an aromatic ring is 1. The number of nitrogens with one attached hydrogen (secondary N) is 1. The van der Waals surface area contributed by atoms with Crippen LogP contribution in [0.25, 0.3) is 0 Å². The van der Waals surface area contributed by atoms with E-state index in [1.807, 2.05) is 12.1 Å². The van der Waals surface area contributed by atoms with Crippen LogP contribution in [0.5, 0.6) is 0 Å². The molecular formula is C13H12BrIN2O2S. The van der Waals surface area contributed by atoms with Crippen LogP contribution < -0.4 is 10.5 Å². The Labute approximate surface area is 140 Å². The number of hydrogen-bond acceptors (Lipinski definition) is 3. The predicted molar refractivity (Wildman–Crippen MR) is 93.3 cm³/mol. The van der Waals surface area contributed by atoms with Crippen molar-refractivity contribution in [1.29, 1.82) is 0 Å². The maximum Gasteiger partial charge on any atom is 0.262 e. The number of sulfonamides is 1. The van der Waals surface area contributed by atoms with Gasteiger partial charge in [0, 0.05) is 13.7 Å². The highest BCUT2D eigenvalue weighted by Gasteiger charge is 2.19. The van der Waals surface area contributed by atoms with Gasteiger partial charge in [-0.2, -0.15) is 0 Å². The van der Waals surface area contributed by atoms with Crippen molar-refractivity contribution < 1.29 is 8.42 Å². The van der Waals surface area contributed by atoms with Crippen LogP contribution >= 0.6 is 38.5 Å². The van der Waals surface area contributed by atoms with Crippen LogP contribution in [0.3, 0.4) is 0 Å². The number of hydrogen-bond donors (Lipinski definition) is 2. The zero-order valence-electron chi connectivity index (χ0n) is 10.5. The molecule has 0 bridgehead atoms. The minimum absolute atomic E-state index is 0.179. The Kier molecular flexibility index (Phi) is 4.60. The SMILES string of the molecule is Cc1cc(Br)c(N)cc1S(=O)(=O)Nc1ccccc1I. The maximum absolute atomic E-state index is 12.5. The first-order valence-corrected chi connectivity index (χ1v) is 9.00. The van der Waals surface area contributed by atoms with Crippen LogP contribution in [0.1, 0.15) is 5.56 Å². The van der Waals surface area contributed by atoms with Crippen LogP contribution in [0.2, 0.25) is 0 Å². The Balaban J connectivity index is 2.47. The molecule has 20 heavy (non-hydrogen) atoms. The number of rotatable bonds is 3. The van der Waals surface area contributed by atoms with Crippen molar-refractivity contribution in [1.82, 2.24) is 0 Å². The van der Waals surface area contributed by atoms with Crippen LogP contribution in [0.15, 0.2) is 45.8 Å². The third-order valence-corrected chi connectivity index (χ3v) is 5.84. The zero-order chi connectivity index (χ0) is 14.9. The third-order valence-electron chi connectivity index (χ3n) is 2.70. The van der Waals surface area contributed by atoms with Gasteiger partial charge in [-0.25, -0.2) is 8.42 Å². The van der Waals surface area contributed by atoms with Crippen molar-refractivity contribution in [2.75, 3.05) is 10.5 Å². The molecule has 0 aliphatic rings. The fourth-order valence-electron chi connectivity index (χ4n) is 1.70. The summed E-state index contributed by atoms with van der Waals surface area (Å²) in [6, 6.07) is 10.3. The fourth-order valence-corrected chi connectivity index (χ4v) is 4.21. The summed E-state index contributed by atoms with van der Waals surface area (Å²) in [7, 11) is -3.66. The minimum atomic E-state index is -3.66. The standard InChI is InChI=1S/C13H12BrIN2O2S/c1-8-6-9(14)11(16)7-13(8)20(18,19)17-12-5-3-2-4-10(12)15/h2-7,17H,16H2,1H3. The molecule has 2 aromatic rings. The van der Waals surface area contributed by atoms with E-state index in [0.29, 0.717) is 21.4 Å². The van der Waals surface area contributed by atoms with Gasteiger partial charge in [-0.3, -0.25) is 4.72 Å². The molecule has 0 aliphatic heterocycles. The number of benzene rings is 2. The van der Waals surface area contributed by atoms with Crippen molar-refractivity contribution in [3.05, 3.63) is 50.0 Å². The van der Waals surface area contributed by atoms with E-state index >= 15 is 0 Å².